The molecule has 2 N–H and O–H groups in total. The maximum Gasteiger partial charge on any atom is 0.233 e. The van der Waals surface area contributed by atoms with E-state index in [1.807, 2.05) is 0 Å². The fraction of sp³-hybridized carbons (Fsp3) is 0.923. The molecular weight excluding hydrogens is 214 g/mol. The van der Waals surface area contributed by atoms with Crippen LogP contribution in [0.2, 0.25) is 0 Å². The molecule has 0 radical (unpaired) electrons. The molecule has 0 heterocycles. The smallest absolute Gasteiger partial charge is 0.233 e. The van der Waals surface area contributed by atoms with Gasteiger partial charge in [0.05, 0.1) is 6.54 Å². The minimum Gasteiger partial charge on any atom is -0.355 e. The van der Waals surface area contributed by atoms with Crippen molar-refractivity contribution in [3.63, 3.8) is 0 Å². The molecule has 1 aliphatic carbocycles. The Hall–Kier alpha value is -0.610. The second kappa shape index (κ2) is 8.48. The predicted molar refractivity (Wildman–Crippen MR) is 71.0 cm³/mol. The third-order valence-electron chi connectivity index (χ3n) is 3.16. The largest absolute Gasteiger partial charge is 0.355 e. The van der Waals surface area contributed by atoms with E-state index in [9.17, 15) is 4.79 Å². The lowest BCUT2D eigenvalue weighted by Gasteiger charge is -2.19. The molecule has 0 spiro atoms. The van der Waals surface area contributed by atoms with Gasteiger partial charge in [-0.25, -0.2) is 0 Å². The zero-order chi connectivity index (χ0) is 12.5. The van der Waals surface area contributed by atoms with Crippen LogP contribution in [-0.2, 0) is 4.79 Å². The summed E-state index contributed by atoms with van der Waals surface area (Å²) in [5.41, 5.74) is 0. The van der Waals surface area contributed by atoms with Gasteiger partial charge in [-0.3, -0.25) is 4.79 Å². The first kappa shape index (κ1) is 14.5. The lowest BCUT2D eigenvalue weighted by atomic mass is 10.4. The summed E-state index contributed by atoms with van der Waals surface area (Å²) < 4.78 is 0. The lowest BCUT2D eigenvalue weighted by Crippen LogP contribution is -2.38. The van der Waals surface area contributed by atoms with Gasteiger partial charge in [0, 0.05) is 19.6 Å². The Kier molecular flexibility index (Phi) is 7.21. The topological polar surface area (TPSA) is 44.4 Å². The Bertz CT molecular complexity index is 217. The molecule has 0 bridgehead atoms. The number of carbonyl (C=O) groups is 1. The van der Waals surface area contributed by atoms with E-state index in [4.69, 9.17) is 0 Å². The van der Waals surface area contributed by atoms with Gasteiger partial charge in [0.2, 0.25) is 5.91 Å². The van der Waals surface area contributed by atoms with Crippen LogP contribution in [0.3, 0.4) is 0 Å². The summed E-state index contributed by atoms with van der Waals surface area (Å²) in [4.78, 5) is 13.8. The van der Waals surface area contributed by atoms with Crippen molar-refractivity contribution in [2.75, 3.05) is 39.3 Å². The highest BCUT2D eigenvalue weighted by Crippen LogP contribution is 2.27. The van der Waals surface area contributed by atoms with Crippen LogP contribution in [0.15, 0.2) is 0 Å². The van der Waals surface area contributed by atoms with Crippen LogP contribution < -0.4 is 10.6 Å². The maximum atomic E-state index is 11.4. The van der Waals surface area contributed by atoms with Gasteiger partial charge in [0.1, 0.15) is 0 Å². The van der Waals surface area contributed by atoms with E-state index >= 15 is 0 Å². The number of amides is 1. The molecule has 100 valence electrons. The Morgan fingerprint density at radius 2 is 2.06 bits per heavy atom. The summed E-state index contributed by atoms with van der Waals surface area (Å²) >= 11 is 0. The van der Waals surface area contributed by atoms with Crippen molar-refractivity contribution in [1.29, 1.82) is 0 Å². The van der Waals surface area contributed by atoms with Crippen molar-refractivity contribution >= 4 is 5.91 Å². The van der Waals surface area contributed by atoms with Gasteiger partial charge in [-0.2, -0.15) is 0 Å². The third-order valence-corrected chi connectivity index (χ3v) is 3.16. The fourth-order valence-electron chi connectivity index (χ4n) is 1.83. The van der Waals surface area contributed by atoms with Crippen molar-refractivity contribution in [3.05, 3.63) is 0 Å². The van der Waals surface area contributed by atoms with E-state index in [1.54, 1.807) is 0 Å². The van der Waals surface area contributed by atoms with Crippen molar-refractivity contribution in [2.24, 2.45) is 5.92 Å². The van der Waals surface area contributed by atoms with Crippen LogP contribution in [0, 0.1) is 5.92 Å². The van der Waals surface area contributed by atoms with Gasteiger partial charge in [0.15, 0.2) is 0 Å². The van der Waals surface area contributed by atoms with Crippen molar-refractivity contribution in [1.82, 2.24) is 15.5 Å². The van der Waals surface area contributed by atoms with E-state index in [0.717, 1.165) is 38.6 Å². The Labute approximate surface area is 105 Å². The molecule has 4 nitrogen and oxygen atoms in total. The number of likely N-dealkylation sites (N-methyl/N-ethyl adjacent to an activating group) is 1. The Morgan fingerprint density at radius 1 is 1.29 bits per heavy atom. The quantitative estimate of drug-likeness (QED) is 0.557. The van der Waals surface area contributed by atoms with Crippen molar-refractivity contribution < 1.29 is 4.79 Å². The van der Waals surface area contributed by atoms with Crippen LogP contribution in [-0.4, -0.2) is 50.1 Å². The molecule has 1 rings (SSSR count). The molecule has 0 atom stereocenters. The Morgan fingerprint density at radius 3 is 2.65 bits per heavy atom. The molecule has 0 saturated heterocycles. The van der Waals surface area contributed by atoms with E-state index in [1.165, 1.54) is 19.3 Å². The molecule has 0 aliphatic heterocycles. The number of hydrogen-bond acceptors (Lipinski definition) is 3. The highest BCUT2D eigenvalue weighted by molar-refractivity contribution is 5.77. The molecule has 0 aromatic rings. The first-order valence-corrected chi connectivity index (χ1v) is 6.96. The van der Waals surface area contributed by atoms with Crippen LogP contribution in [0.25, 0.3) is 0 Å². The summed E-state index contributed by atoms with van der Waals surface area (Å²) in [6.45, 7) is 9.85. The van der Waals surface area contributed by atoms with Crippen molar-refractivity contribution in [3.8, 4) is 0 Å². The summed E-state index contributed by atoms with van der Waals surface area (Å²) in [5.74, 6) is 0.898. The normalized spacial score (nSPS) is 15.2. The minimum atomic E-state index is 0.135. The second-order valence-corrected chi connectivity index (χ2v) is 4.86. The molecule has 4 heteroatoms. The molecule has 17 heavy (non-hydrogen) atoms. The average Bonchev–Trinajstić information content (AvgIpc) is 3.14. The highest BCUT2D eigenvalue weighted by atomic mass is 16.1. The standard InChI is InChI=1S/C13H27N3O/c1-3-8-16(4-2)9-7-14-11-13(17)15-10-12-5-6-12/h12,14H,3-11H2,1-2H3,(H,15,17). The van der Waals surface area contributed by atoms with Gasteiger partial charge >= 0.3 is 0 Å². The van der Waals surface area contributed by atoms with Gasteiger partial charge < -0.3 is 15.5 Å². The van der Waals surface area contributed by atoms with Gasteiger partial charge in [-0.1, -0.05) is 13.8 Å². The second-order valence-electron chi connectivity index (χ2n) is 4.86. The molecular formula is C13H27N3O. The van der Waals surface area contributed by atoms with E-state index in [0.29, 0.717) is 6.54 Å². The lowest BCUT2D eigenvalue weighted by molar-refractivity contribution is -0.120. The number of carbonyl (C=O) groups excluding carboxylic acids is 1. The van der Waals surface area contributed by atoms with Crippen LogP contribution >= 0.6 is 0 Å². The van der Waals surface area contributed by atoms with Crippen LogP contribution in [0.4, 0.5) is 0 Å². The monoisotopic (exact) mass is 241 g/mol. The summed E-state index contributed by atoms with van der Waals surface area (Å²) in [5, 5.41) is 6.16. The predicted octanol–water partition coefficient (Wildman–Crippen LogP) is 0.834. The molecule has 0 unspecified atom stereocenters. The summed E-state index contributed by atoms with van der Waals surface area (Å²) in [7, 11) is 0. The van der Waals surface area contributed by atoms with Gasteiger partial charge in [-0.05, 0) is 38.3 Å². The molecule has 1 amide bonds. The molecule has 1 saturated carbocycles. The van der Waals surface area contributed by atoms with Gasteiger partial charge in [-0.15, -0.1) is 0 Å². The first-order chi connectivity index (χ1) is 8.26. The summed E-state index contributed by atoms with van der Waals surface area (Å²) in [6.07, 6.45) is 3.77. The number of rotatable bonds is 10. The van der Waals surface area contributed by atoms with E-state index in [-0.39, 0.29) is 5.91 Å². The van der Waals surface area contributed by atoms with E-state index in [2.05, 4.69) is 29.4 Å². The fourth-order valence-corrected chi connectivity index (χ4v) is 1.83. The third kappa shape index (κ3) is 7.34. The molecule has 1 aliphatic rings. The average molecular weight is 241 g/mol. The van der Waals surface area contributed by atoms with E-state index < -0.39 is 0 Å². The zero-order valence-electron chi connectivity index (χ0n) is 11.3. The molecule has 0 aromatic carbocycles. The minimum absolute atomic E-state index is 0.135. The zero-order valence-corrected chi connectivity index (χ0v) is 11.3. The SMILES string of the molecule is CCCN(CC)CCNCC(=O)NCC1CC1. The Balaban J connectivity index is 1.92. The first-order valence-electron chi connectivity index (χ1n) is 6.96. The number of hydrogen-bond donors (Lipinski definition) is 2. The van der Waals surface area contributed by atoms with Gasteiger partial charge in [0.25, 0.3) is 0 Å². The maximum absolute atomic E-state index is 11.4. The number of nitrogens with zero attached hydrogens (tertiary/aromatic N) is 1. The number of nitrogens with one attached hydrogen (secondary N) is 2. The van der Waals surface area contributed by atoms with Crippen LogP contribution in [0.5, 0.6) is 0 Å². The molecule has 0 aromatic heterocycles. The highest BCUT2D eigenvalue weighted by Gasteiger charge is 2.21. The molecule has 1 fully saturated rings. The summed E-state index contributed by atoms with van der Waals surface area (Å²) in [6, 6.07) is 0. The van der Waals surface area contributed by atoms with Crippen LogP contribution in [0.1, 0.15) is 33.1 Å². The van der Waals surface area contributed by atoms with Crippen molar-refractivity contribution in [2.45, 2.75) is 33.1 Å².